The zero-order chi connectivity index (χ0) is 13.1. The first kappa shape index (κ1) is 13.2. The fraction of sp³-hybridized carbons (Fsp3) is 0.167. The molecule has 6 heteroatoms. The van der Waals surface area contributed by atoms with Crippen molar-refractivity contribution < 1.29 is 9.13 Å². The lowest BCUT2D eigenvalue weighted by atomic mass is 10.1. The van der Waals surface area contributed by atoms with Gasteiger partial charge < -0.3 is 4.74 Å². The van der Waals surface area contributed by atoms with E-state index in [9.17, 15) is 4.39 Å². The first-order valence-corrected chi connectivity index (χ1v) is 5.85. The standard InChI is InChI=1S/C12H9Cl2FN2O/c1-18-6-7-4-2-3-5-8(7)12-16-10(13)9(15)11(14)17-12/h2-5H,6H2,1H3. The van der Waals surface area contributed by atoms with E-state index in [1.54, 1.807) is 13.2 Å². The van der Waals surface area contributed by atoms with Crippen molar-refractivity contribution in [3.05, 3.63) is 46.0 Å². The van der Waals surface area contributed by atoms with Crippen molar-refractivity contribution in [2.24, 2.45) is 0 Å². The lowest BCUT2D eigenvalue weighted by molar-refractivity contribution is 0.185. The van der Waals surface area contributed by atoms with E-state index in [4.69, 9.17) is 27.9 Å². The van der Waals surface area contributed by atoms with Gasteiger partial charge in [-0.2, -0.15) is 0 Å². The van der Waals surface area contributed by atoms with E-state index in [1.165, 1.54) is 0 Å². The third-order valence-electron chi connectivity index (χ3n) is 2.33. The van der Waals surface area contributed by atoms with Gasteiger partial charge in [-0.1, -0.05) is 47.5 Å². The van der Waals surface area contributed by atoms with Crippen molar-refractivity contribution in [1.82, 2.24) is 9.97 Å². The Morgan fingerprint density at radius 2 is 1.78 bits per heavy atom. The maximum absolute atomic E-state index is 13.3. The Bertz CT molecular complexity index is 555. The van der Waals surface area contributed by atoms with Gasteiger partial charge in [-0.05, 0) is 5.56 Å². The van der Waals surface area contributed by atoms with E-state index >= 15 is 0 Å². The van der Waals surface area contributed by atoms with Gasteiger partial charge in [0.05, 0.1) is 6.61 Å². The van der Waals surface area contributed by atoms with Crippen molar-refractivity contribution in [3.63, 3.8) is 0 Å². The van der Waals surface area contributed by atoms with Gasteiger partial charge in [0.25, 0.3) is 0 Å². The topological polar surface area (TPSA) is 35.0 Å². The zero-order valence-corrected chi connectivity index (χ0v) is 11.0. The number of methoxy groups -OCH3 is 1. The van der Waals surface area contributed by atoms with Gasteiger partial charge in [0.1, 0.15) is 0 Å². The van der Waals surface area contributed by atoms with E-state index in [0.29, 0.717) is 12.2 Å². The molecule has 0 saturated heterocycles. The molecule has 0 bridgehead atoms. The molecule has 94 valence electrons. The molecule has 3 nitrogen and oxygen atoms in total. The molecule has 0 saturated carbocycles. The van der Waals surface area contributed by atoms with Crippen LogP contribution in [0.2, 0.25) is 10.3 Å². The lowest BCUT2D eigenvalue weighted by Crippen LogP contribution is -1.98. The van der Waals surface area contributed by atoms with E-state index in [1.807, 2.05) is 18.2 Å². The van der Waals surface area contributed by atoms with Crippen LogP contribution in [0.5, 0.6) is 0 Å². The van der Waals surface area contributed by atoms with Crippen molar-refractivity contribution in [3.8, 4) is 11.4 Å². The van der Waals surface area contributed by atoms with Crippen LogP contribution in [-0.4, -0.2) is 17.1 Å². The van der Waals surface area contributed by atoms with Crippen molar-refractivity contribution in [2.75, 3.05) is 7.11 Å². The zero-order valence-electron chi connectivity index (χ0n) is 9.45. The summed E-state index contributed by atoms with van der Waals surface area (Å²) >= 11 is 11.3. The largest absolute Gasteiger partial charge is 0.380 e. The van der Waals surface area contributed by atoms with Gasteiger partial charge in [0.15, 0.2) is 21.9 Å². The molecule has 0 radical (unpaired) electrons. The molecule has 18 heavy (non-hydrogen) atoms. The molecule has 2 rings (SSSR count). The summed E-state index contributed by atoms with van der Waals surface area (Å²) in [6.45, 7) is 0.395. The van der Waals surface area contributed by atoms with Crippen molar-refractivity contribution in [1.29, 1.82) is 0 Å². The highest BCUT2D eigenvalue weighted by Crippen LogP contribution is 2.26. The van der Waals surface area contributed by atoms with Crippen LogP contribution in [0.25, 0.3) is 11.4 Å². The van der Waals surface area contributed by atoms with Crippen LogP contribution in [-0.2, 0) is 11.3 Å². The third kappa shape index (κ3) is 2.61. The highest BCUT2D eigenvalue weighted by molar-refractivity contribution is 6.33. The molecule has 0 aliphatic rings. The van der Waals surface area contributed by atoms with Gasteiger partial charge in [0.2, 0.25) is 0 Å². The van der Waals surface area contributed by atoms with Gasteiger partial charge in [-0.3, -0.25) is 0 Å². The highest BCUT2D eigenvalue weighted by atomic mass is 35.5. The summed E-state index contributed by atoms with van der Waals surface area (Å²) in [5.41, 5.74) is 1.59. The van der Waals surface area contributed by atoms with Crippen molar-refractivity contribution in [2.45, 2.75) is 6.61 Å². The van der Waals surface area contributed by atoms with Crippen LogP contribution < -0.4 is 0 Å². The number of benzene rings is 1. The predicted molar refractivity (Wildman–Crippen MR) is 68.2 cm³/mol. The van der Waals surface area contributed by atoms with Crippen LogP contribution in [0.1, 0.15) is 5.56 Å². The van der Waals surface area contributed by atoms with Crippen LogP contribution >= 0.6 is 23.2 Å². The number of ether oxygens (including phenoxy) is 1. The van der Waals surface area contributed by atoms with E-state index in [2.05, 4.69) is 9.97 Å². The smallest absolute Gasteiger partial charge is 0.197 e. The minimum Gasteiger partial charge on any atom is -0.380 e. The Kier molecular flexibility index (Phi) is 4.11. The second-order valence-electron chi connectivity index (χ2n) is 3.53. The maximum Gasteiger partial charge on any atom is 0.197 e. The van der Waals surface area contributed by atoms with Crippen LogP contribution in [0.4, 0.5) is 4.39 Å². The first-order chi connectivity index (χ1) is 8.63. The number of hydrogen-bond acceptors (Lipinski definition) is 3. The third-order valence-corrected chi connectivity index (χ3v) is 2.83. The molecule has 0 spiro atoms. The predicted octanol–water partition coefficient (Wildman–Crippen LogP) is 3.74. The van der Waals surface area contributed by atoms with Gasteiger partial charge >= 0.3 is 0 Å². The Morgan fingerprint density at radius 1 is 1.17 bits per heavy atom. The maximum atomic E-state index is 13.3. The first-order valence-electron chi connectivity index (χ1n) is 5.09. The number of rotatable bonds is 3. The quantitative estimate of drug-likeness (QED) is 0.807. The molecule has 0 amide bonds. The minimum atomic E-state index is -0.814. The molecule has 2 aromatic rings. The molecule has 1 aromatic carbocycles. The number of nitrogens with zero attached hydrogens (tertiary/aromatic N) is 2. The molecule has 0 fully saturated rings. The molecule has 0 N–H and O–H groups in total. The average molecular weight is 287 g/mol. The fourth-order valence-corrected chi connectivity index (χ4v) is 1.92. The van der Waals surface area contributed by atoms with Crippen LogP contribution in [0.15, 0.2) is 24.3 Å². The number of halogens is 3. The van der Waals surface area contributed by atoms with Gasteiger partial charge in [-0.25, -0.2) is 14.4 Å². The summed E-state index contributed by atoms with van der Waals surface area (Å²) in [5.74, 6) is -0.537. The van der Waals surface area contributed by atoms with Crippen LogP contribution in [0, 0.1) is 5.82 Å². The summed E-state index contributed by atoms with van der Waals surface area (Å²) in [4.78, 5) is 7.77. The lowest BCUT2D eigenvalue weighted by Gasteiger charge is -2.08. The highest BCUT2D eigenvalue weighted by Gasteiger charge is 2.14. The monoisotopic (exact) mass is 286 g/mol. The SMILES string of the molecule is COCc1ccccc1-c1nc(Cl)c(F)c(Cl)n1. The Labute approximate surface area is 114 Å². The van der Waals surface area contributed by atoms with Crippen LogP contribution in [0.3, 0.4) is 0 Å². The number of aromatic nitrogens is 2. The molecule has 0 aliphatic carbocycles. The van der Waals surface area contributed by atoms with Gasteiger partial charge in [0, 0.05) is 12.7 Å². The molecular weight excluding hydrogens is 278 g/mol. The summed E-state index contributed by atoms with van der Waals surface area (Å²) in [5, 5.41) is -0.588. The molecule has 0 unspecified atom stereocenters. The summed E-state index contributed by atoms with van der Waals surface area (Å²) in [6.07, 6.45) is 0. The second-order valence-corrected chi connectivity index (χ2v) is 4.25. The van der Waals surface area contributed by atoms with E-state index in [-0.39, 0.29) is 16.1 Å². The second kappa shape index (κ2) is 5.61. The molecule has 1 aromatic heterocycles. The van der Waals surface area contributed by atoms with Gasteiger partial charge in [-0.15, -0.1) is 0 Å². The Balaban J connectivity index is 2.55. The summed E-state index contributed by atoms with van der Waals surface area (Å²) in [6, 6.07) is 7.36. The normalized spacial score (nSPS) is 10.7. The average Bonchev–Trinajstić information content (AvgIpc) is 2.36. The minimum absolute atomic E-state index is 0.277. The summed E-state index contributed by atoms with van der Waals surface area (Å²) < 4.78 is 18.3. The summed E-state index contributed by atoms with van der Waals surface area (Å²) in [7, 11) is 1.59. The van der Waals surface area contributed by atoms with Crippen molar-refractivity contribution >= 4 is 23.2 Å². The Morgan fingerprint density at radius 3 is 2.39 bits per heavy atom. The van der Waals surface area contributed by atoms with E-state index < -0.39 is 5.82 Å². The molecular formula is C12H9Cl2FN2O. The Hall–Kier alpha value is -1.23. The molecule has 0 atom stereocenters. The molecule has 0 aliphatic heterocycles. The van der Waals surface area contributed by atoms with E-state index in [0.717, 1.165) is 5.56 Å². The fourth-order valence-electron chi connectivity index (χ4n) is 1.53. The molecule has 1 heterocycles. The number of hydrogen-bond donors (Lipinski definition) is 0.